The summed E-state index contributed by atoms with van der Waals surface area (Å²) in [7, 11) is 0. The first kappa shape index (κ1) is 12.3. The Morgan fingerprint density at radius 2 is 2.05 bits per heavy atom. The van der Waals surface area contributed by atoms with E-state index in [0.717, 1.165) is 22.8 Å². The van der Waals surface area contributed by atoms with Crippen LogP contribution in [0.5, 0.6) is 0 Å². The lowest BCUT2D eigenvalue weighted by molar-refractivity contribution is 1.13. The van der Waals surface area contributed by atoms with Crippen molar-refractivity contribution in [2.45, 2.75) is 6.42 Å². The van der Waals surface area contributed by atoms with Crippen LogP contribution in [0.15, 0.2) is 66.4 Å². The summed E-state index contributed by atoms with van der Waals surface area (Å²) in [6, 6.07) is 14.6. The summed E-state index contributed by atoms with van der Waals surface area (Å²) in [6.45, 7) is 0. The smallest absolute Gasteiger partial charge is 0.137 e. The molecule has 21 heavy (non-hydrogen) atoms. The highest BCUT2D eigenvalue weighted by atomic mass is 32.1. The Balaban J connectivity index is 1.75. The molecule has 0 saturated heterocycles. The molecule has 0 radical (unpaired) electrons. The topological polar surface area (TPSA) is 30.2 Å². The Hall–Kier alpha value is -2.46. The Kier molecular flexibility index (Phi) is 3.01. The molecule has 3 heterocycles. The summed E-state index contributed by atoms with van der Waals surface area (Å²) >= 11 is 1.69. The van der Waals surface area contributed by atoms with Gasteiger partial charge in [-0.25, -0.2) is 9.97 Å². The van der Waals surface area contributed by atoms with E-state index in [2.05, 4.69) is 38.6 Å². The molecule has 4 rings (SSSR count). The van der Waals surface area contributed by atoms with Crippen LogP contribution in [-0.2, 0) is 6.42 Å². The monoisotopic (exact) mass is 291 g/mol. The molecule has 0 bridgehead atoms. The molecule has 1 aromatic carbocycles. The van der Waals surface area contributed by atoms with E-state index < -0.39 is 0 Å². The quantitative estimate of drug-likeness (QED) is 0.570. The molecule has 102 valence electrons. The number of nitrogens with zero attached hydrogens (tertiary/aromatic N) is 3. The van der Waals surface area contributed by atoms with Crippen molar-refractivity contribution in [2.75, 3.05) is 0 Å². The van der Waals surface area contributed by atoms with Crippen LogP contribution in [0.25, 0.3) is 16.9 Å². The molecule has 0 amide bonds. The van der Waals surface area contributed by atoms with Gasteiger partial charge in [-0.15, -0.1) is 11.3 Å². The first-order valence-electron chi connectivity index (χ1n) is 6.80. The zero-order chi connectivity index (χ0) is 14.1. The van der Waals surface area contributed by atoms with Gasteiger partial charge in [0.1, 0.15) is 5.65 Å². The summed E-state index contributed by atoms with van der Waals surface area (Å²) < 4.78 is 2.11. The average molecular weight is 291 g/mol. The highest BCUT2D eigenvalue weighted by Gasteiger charge is 2.06. The molecule has 0 aliphatic heterocycles. The van der Waals surface area contributed by atoms with E-state index in [1.807, 2.05) is 42.2 Å². The zero-order valence-electron chi connectivity index (χ0n) is 11.3. The maximum atomic E-state index is 4.45. The number of thiazole rings is 1. The number of hydrogen-bond donors (Lipinski definition) is 0. The third-order valence-electron chi connectivity index (χ3n) is 3.48. The average Bonchev–Trinajstić information content (AvgIpc) is 3.16. The minimum absolute atomic E-state index is 0.877. The number of benzene rings is 1. The summed E-state index contributed by atoms with van der Waals surface area (Å²) in [5.74, 6) is 0. The van der Waals surface area contributed by atoms with E-state index in [1.54, 1.807) is 11.3 Å². The molecule has 3 nitrogen and oxygen atoms in total. The first-order valence-corrected chi connectivity index (χ1v) is 7.68. The Morgan fingerprint density at radius 1 is 1.05 bits per heavy atom. The van der Waals surface area contributed by atoms with Gasteiger partial charge in [-0.1, -0.05) is 24.3 Å². The maximum absolute atomic E-state index is 4.45. The number of pyridine rings is 1. The number of aromatic nitrogens is 3. The molecule has 4 aromatic rings. The molecule has 3 aromatic heterocycles. The second-order valence-corrected chi connectivity index (χ2v) is 5.85. The molecule has 0 N–H and O–H groups in total. The van der Waals surface area contributed by atoms with Crippen molar-refractivity contribution >= 4 is 17.0 Å². The molecule has 0 aliphatic rings. The predicted octanol–water partition coefficient (Wildman–Crippen LogP) is 4.05. The van der Waals surface area contributed by atoms with Crippen LogP contribution in [0.2, 0.25) is 0 Å². The fourth-order valence-electron chi connectivity index (χ4n) is 2.50. The van der Waals surface area contributed by atoms with Gasteiger partial charge in [0.2, 0.25) is 0 Å². The minimum atomic E-state index is 0.877. The van der Waals surface area contributed by atoms with E-state index in [4.69, 9.17) is 0 Å². The van der Waals surface area contributed by atoms with Crippen LogP contribution in [-0.4, -0.2) is 14.4 Å². The molecule has 0 unspecified atom stereocenters. The summed E-state index contributed by atoms with van der Waals surface area (Å²) in [5, 5.41) is 3.16. The maximum Gasteiger partial charge on any atom is 0.137 e. The van der Waals surface area contributed by atoms with Gasteiger partial charge < -0.3 is 0 Å². The lowest BCUT2D eigenvalue weighted by atomic mass is 10.1. The Morgan fingerprint density at radius 3 is 2.95 bits per heavy atom. The van der Waals surface area contributed by atoms with Crippen molar-refractivity contribution in [3.8, 4) is 11.3 Å². The molecule has 4 heteroatoms. The van der Waals surface area contributed by atoms with Crippen LogP contribution in [0, 0.1) is 0 Å². The number of rotatable bonds is 3. The molecular weight excluding hydrogens is 278 g/mol. The summed E-state index contributed by atoms with van der Waals surface area (Å²) in [4.78, 5) is 8.81. The van der Waals surface area contributed by atoms with Crippen molar-refractivity contribution < 1.29 is 0 Å². The molecule has 0 saturated carbocycles. The van der Waals surface area contributed by atoms with Gasteiger partial charge in [0, 0.05) is 29.8 Å². The molecule has 0 aliphatic carbocycles. The molecule has 0 atom stereocenters. The van der Waals surface area contributed by atoms with Crippen molar-refractivity contribution in [3.63, 3.8) is 0 Å². The third kappa shape index (κ3) is 2.34. The molecule has 0 spiro atoms. The van der Waals surface area contributed by atoms with E-state index in [-0.39, 0.29) is 0 Å². The van der Waals surface area contributed by atoms with Gasteiger partial charge in [0.05, 0.1) is 16.9 Å². The van der Waals surface area contributed by atoms with Gasteiger partial charge in [-0.2, -0.15) is 0 Å². The minimum Gasteiger partial charge on any atom is -0.300 e. The van der Waals surface area contributed by atoms with E-state index in [0.29, 0.717) is 0 Å². The predicted molar refractivity (Wildman–Crippen MR) is 85.5 cm³/mol. The van der Waals surface area contributed by atoms with E-state index in [9.17, 15) is 0 Å². The van der Waals surface area contributed by atoms with E-state index >= 15 is 0 Å². The second-order valence-electron chi connectivity index (χ2n) is 4.88. The fourth-order valence-corrected chi connectivity index (χ4v) is 3.15. The zero-order valence-corrected chi connectivity index (χ0v) is 12.1. The Bertz CT molecular complexity index is 878. The van der Waals surface area contributed by atoms with Crippen molar-refractivity contribution in [3.05, 3.63) is 77.0 Å². The molecule has 0 fully saturated rings. The lowest BCUT2D eigenvalue weighted by Gasteiger charge is -2.04. The van der Waals surface area contributed by atoms with Gasteiger partial charge in [-0.3, -0.25) is 4.40 Å². The van der Waals surface area contributed by atoms with Crippen LogP contribution >= 0.6 is 11.3 Å². The van der Waals surface area contributed by atoms with Gasteiger partial charge >= 0.3 is 0 Å². The van der Waals surface area contributed by atoms with Gasteiger partial charge in [0.15, 0.2) is 0 Å². The van der Waals surface area contributed by atoms with Crippen LogP contribution < -0.4 is 0 Å². The lowest BCUT2D eigenvalue weighted by Crippen LogP contribution is -1.90. The highest BCUT2D eigenvalue weighted by molar-refractivity contribution is 7.09. The number of fused-ring (bicyclic) bond motifs is 1. The number of imidazole rings is 1. The van der Waals surface area contributed by atoms with Crippen LogP contribution in [0.1, 0.15) is 10.6 Å². The van der Waals surface area contributed by atoms with Crippen LogP contribution in [0.3, 0.4) is 0 Å². The second kappa shape index (κ2) is 5.14. The van der Waals surface area contributed by atoms with Crippen molar-refractivity contribution in [1.82, 2.24) is 14.4 Å². The number of hydrogen-bond acceptors (Lipinski definition) is 3. The SMILES string of the molecule is c1cc(Cc2nccs2)cc(-c2cnc3ccccn23)c1. The van der Waals surface area contributed by atoms with Gasteiger partial charge in [0.25, 0.3) is 0 Å². The van der Waals surface area contributed by atoms with Crippen molar-refractivity contribution in [2.24, 2.45) is 0 Å². The molecular formula is C17H13N3S. The largest absolute Gasteiger partial charge is 0.300 e. The Labute approximate surface area is 126 Å². The van der Waals surface area contributed by atoms with Gasteiger partial charge in [-0.05, 0) is 23.8 Å². The third-order valence-corrected chi connectivity index (χ3v) is 4.26. The van der Waals surface area contributed by atoms with E-state index in [1.165, 1.54) is 11.1 Å². The highest BCUT2D eigenvalue weighted by Crippen LogP contribution is 2.23. The summed E-state index contributed by atoms with van der Waals surface area (Å²) in [5.41, 5.74) is 4.54. The first-order chi connectivity index (χ1) is 10.4. The normalized spacial score (nSPS) is 11.0. The standard InChI is InChI=1S/C17H13N3S/c1-2-8-20-15(12-19-16(20)6-1)14-5-3-4-13(10-14)11-17-18-7-9-21-17/h1-10,12H,11H2. The fraction of sp³-hybridized carbons (Fsp3) is 0.0588. The summed E-state index contributed by atoms with van der Waals surface area (Å²) in [6.07, 6.45) is 6.71. The van der Waals surface area contributed by atoms with Crippen LogP contribution in [0.4, 0.5) is 0 Å². The van der Waals surface area contributed by atoms with Crippen molar-refractivity contribution in [1.29, 1.82) is 0 Å².